The SMILES string of the molecule is CCC[C@H]1/C=C\C(=O)CCCCCCCCCCC(=O)O1. The molecule has 0 aromatic carbocycles. The summed E-state index contributed by atoms with van der Waals surface area (Å²) in [6, 6.07) is 0. The third-order valence-electron chi connectivity index (χ3n) is 3.91. The van der Waals surface area contributed by atoms with Gasteiger partial charge in [-0.1, -0.05) is 51.9 Å². The minimum Gasteiger partial charge on any atom is -0.458 e. The third kappa shape index (κ3) is 9.43. The Morgan fingerprint density at radius 1 is 0.952 bits per heavy atom. The Morgan fingerprint density at radius 2 is 1.52 bits per heavy atom. The van der Waals surface area contributed by atoms with Gasteiger partial charge in [0, 0.05) is 12.8 Å². The standard InChI is InChI=1S/C18H30O3/c1-2-11-17-15-14-16(19)12-9-7-5-3-4-6-8-10-13-18(20)21-17/h14-15,17H,2-13H2,1H3/b15-14-/t17-/m0/s1. The number of carbonyl (C=O) groups is 2. The van der Waals surface area contributed by atoms with E-state index >= 15 is 0 Å². The highest BCUT2D eigenvalue weighted by Gasteiger charge is 2.11. The highest BCUT2D eigenvalue weighted by Crippen LogP contribution is 2.13. The van der Waals surface area contributed by atoms with Crippen LogP contribution in [0.15, 0.2) is 12.2 Å². The molecule has 1 heterocycles. The fourth-order valence-corrected chi connectivity index (χ4v) is 2.63. The third-order valence-corrected chi connectivity index (χ3v) is 3.91. The summed E-state index contributed by atoms with van der Waals surface area (Å²) in [5, 5.41) is 0. The van der Waals surface area contributed by atoms with Crippen LogP contribution < -0.4 is 0 Å². The van der Waals surface area contributed by atoms with Gasteiger partial charge in [0.25, 0.3) is 0 Å². The molecule has 0 fully saturated rings. The number of ether oxygens (including phenoxy) is 1. The molecule has 0 aliphatic carbocycles. The van der Waals surface area contributed by atoms with Crippen molar-refractivity contribution >= 4 is 11.8 Å². The first-order valence-corrected chi connectivity index (χ1v) is 8.63. The van der Waals surface area contributed by atoms with Gasteiger partial charge in [-0.2, -0.15) is 0 Å². The van der Waals surface area contributed by atoms with E-state index in [0.29, 0.717) is 12.8 Å². The minimum absolute atomic E-state index is 0.127. The van der Waals surface area contributed by atoms with Gasteiger partial charge >= 0.3 is 5.97 Å². The second-order valence-electron chi connectivity index (χ2n) is 5.97. The molecule has 0 spiro atoms. The van der Waals surface area contributed by atoms with Gasteiger partial charge in [-0.05, 0) is 31.4 Å². The van der Waals surface area contributed by atoms with Gasteiger partial charge in [0.1, 0.15) is 6.10 Å². The van der Waals surface area contributed by atoms with E-state index < -0.39 is 0 Å². The Labute approximate surface area is 129 Å². The van der Waals surface area contributed by atoms with Crippen LogP contribution >= 0.6 is 0 Å². The molecule has 1 aliphatic heterocycles. The maximum Gasteiger partial charge on any atom is 0.306 e. The summed E-state index contributed by atoms with van der Waals surface area (Å²) in [5.41, 5.74) is 0. The van der Waals surface area contributed by atoms with Crippen molar-refractivity contribution in [3.8, 4) is 0 Å². The van der Waals surface area contributed by atoms with E-state index in [-0.39, 0.29) is 17.9 Å². The van der Waals surface area contributed by atoms with E-state index in [1.54, 1.807) is 12.2 Å². The summed E-state index contributed by atoms with van der Waals surface area (Å²) in [7, 11) is 0. The number of ketones is 1. The van der Waals surface area contributed by atoms with Crippen LogP contribution in [0.5, 0.6) is 0 Å². The molecule has 0 saturated carbocycles. The largest absolute Gasteiger partial charge is 0.458 e. The number of hydrogen-bond acceptors (Lipinski definition) is 3. The molecule has 0 aromatic rings. The molecule has 0 N–H and O–H groups in total. The van der Waals surface area contributed by atoms with Crippen molar-refractivity contribution in [3.05, 3.63) is 12.2 Å². The summed E-state index contributed by atoms with van der Waals surface area (Å²) in [5.74, 6) is 0.0249. The Hall–Kier alpha value is -1.12. The number of cyclic esters (lactones) is 1. The molecule has 3 nitrogen and oxygen atoms in total. The lowest BCUT2D eigenvalue weighted by atomic mass is 10.0. The molecule has 1 aliphatic rings. The van der Waals surface area contributed by atoms with Gasteiger partial charge in [-0.3, -0.25) is 9.59 Å². The number of esters is 1. The number of carbonyl (C=O) groups excluding carboxylic acids is 2. The summed E-state index contributed by atoms with van der Waals surface area (Å²) in [6.07, 6.45) is 15.0. The van der Waals surface area contributed by atoms with Crippen LogP contribution in [0.3, 0.4) is 0 Å². The summed E-state index contributed by atoms with van der Waals surface area (Å²) < 4.78 is 5.46. The zero-order valence-corrected chi connectivity index (χ0v) is 13.4. The quantitative estimate of drug-likeness (QED) is 0.691. The lowest BCUT2D eigenvalue weighted by molar-refractivity contribution is -0.147. The second-order valence-corrected chi connectivity index (χ2v) is 5.97. The average Bonchev–Trinajstić information content (AvgIpc) is 2.46. The maximum absolute atomic E-state index is 11.8. The molecule has 120 valence electrons. The van der Waals surface area contributed by atoms with Crippen LogP contribution in [0, 0.1) is 0 Å². The number of rotatable bonds is 2. The lowest BCUT2D eigenvalue weighted by Gasteiger charge is -2.13. The predicted octanol–water partition coefficient (Wildman–Crippen LogP) is 4.74. The minimum atomic E-state index is -0.237. The van der Waals surface area contributed by atoms with Crippen molar-refractivity contribution in [3.63, 3.8) is 0 Å². The molecule has 0 aromatic heterocycles. The van der Waals surface area contributed by atoms with Crippen molar-refractivity contribution in [1.82, 2.24) is 0 Å². The van der Waals surface area contributed by atoms with Gasteiger partial charge < -0.3 is 4.74 Å². The Morgan fingerprint density at radius 3 is 2.14 bits per heavy atom. The first-order chi connectivity index (χ1) is 10.2. The molecule has 21 heavy (non-hydrogen) atoms. The monoisotopic (exact) mass is 294 g/mol. The lowest BCUT2D eigenvalue weighted by Crippen LogP contribution is -2.16. The van der Waals surface area contributed by atoms with Crippen molar-refractivity contribution in [2.75, 3.05) is 0 Å². The highest BCUT2D eigenvalue weighted by atomic mass is 16.5. The van der Waals surface area contributed by atoms with Gasteiger partial charge in [-0.25, -0.2) is 0 Å². The fraction of sp³-hybridized carbons (Fsp3) is 0.778. The second kappa shape index (κ2) is 11.5. The van der Waals surface area contributed by atoms with E-state index in [9.17, 15) is 9.59 Å². The van der Waals surface area contributed by atoms with Crippen LogP contribution in [-0.2, 0) is 14.3 Å². The number of hydrogen-bond donors (Lipinski definition) is 0. The maximum atomic E-state index is 11.8. The molecule has 0 saturated heterocycles. The summed E-state index contributed by atoms with van der Waals surface area (Å²) in [4.78, 5) is 23.6. The van der Waals surface area contributed by atoms with Gasteiger partial charge in [0.2, 0.25) is 0 Å². The average molecular weight is 294 g/mol. The molecule has 3 heteroatoms. The Balaban J connectivity index is 2.53. The zero-order chi connectivity index (χ0) is 15.3. The van der Waals surface area contributed by atoms with Crippen LogP contribution in [-0.4, -0.2) is 17.9 Å². The van der Waals surface area contributed by atoms with Crippen molar-refractivity contribution < 1.29 is 14.3 Å². The van der Waals surface area contributed by atoms with Crippen LogP contribution in [0.4, 0.5) is 0 Å². The number of allylic oxidation sites excluding steroid dienone is 1. The highest BCUT2D eigenvalue weighted by molar-refractivity contribution is 5.89. The first-order valence-electron chi connectivity index (χ1n) is 8.63. The van der Waals surface area contributed by atoms with Crippen LogP contribution in [0.2, 0.25) is 0 Å². The van der Waals surface area contributed by atoms with Crippen molar-refractivity contribution in [1.29, 1.82) is 0 Å². The fourth-order valence-electron chi connectivity index (χ4n) is 2.63. The summed E-state index contributed by atoms with van der Waals surface area (Å²) >= 11 is 0. The molecule has 1 rings (SSSR count). The summed E-state index contributed by atoms with van der Waals surface area (Å²) in [6.45, 7) is 2.06. The van der Waals surface area contributed by atoms with E-state index in [0.717, 1.165) is 38.5 Å². The topological polar surface area (TPSA) is 43.4 Å². The molecule has 0 unspecified atom stereocenters. The van der Waals surface area contributed by atoms with E-state index in [4.69, 9.17) is 4.74 Å². The molecule has 0 radical (unpaired) electrons. The predicted molar refractivity (Wildman–Crippen MR) is 85.1 cm³/mol. The Bertz CT molecular complexity index is 333. The van der Waals surface area contributed by atoms with E-state index in [1.165, 1.54) is 25.7 Å². The van der Waals surface area contributed by atoms with Crippen LogP contribution in [0.25, 0.3) is 0 Å². The first kappa shape index (κ1) is 17.9. The molecule has 1 atom stereocenters. The van der Waals surface area contributed by atoms with Crippen LogP contribution in [0.1, 0.15) is 84.0 Å². The van der Waals surface area contributed by atoms with Crippen molar-refractivity contribution in [2.24, 2.45) is 0 Å². The smallest absolute Gasteiger partial charge is 0.306 e. The van der Waals surface area contributed by atoms with Crippen molar-refractivity contribution in [2.45, 2.75) is 90.1 Å². The molecule has 0 amide bonds. The van der Waals surface area contributed by atoms with Gasteiger partial charge in [0.15, 0.2) is 5.78 Å². The molecular formula is C18H30O3. The molecule has 0 bridgehead atoms. The van der Waals surface area contributed by atoms with E-state index in [1.807, 2.05) is 0 Å². The zero-order valence-electron chi connectivity index (χ0n) is 13.4. The van der Waals surface area contributed by atoms with E-state index in [2.05, 4.69) is 6.92 Å². The van der Waals surface area contributed by atoms with Gasteiger partial charge in [0.05, 0.1) is 0 Å². The molecular weight excluding hydrogens is 264 g/mol. The van der Waals surface area contributed by atoms with Gasteiger partial charge in [-0.15, -0.1) is 0 Å². The Kier molecular flexibility index (Phi) is 9.84. The normalized spacial score (nSPS) is 25.3.